The van der Waals surface area contributed by atoms with Gasteiger partial charge in [0.2, 0.25) is 5.88 Å². The van der Waals surface area contributed by atoms with Gasteiger partial charge in [-0.3, -0.25) is 4.31 Å². The maximum Gasteiger partial charge on any atom is 0.335 e. The van der Waals surface area contributed by atoms with Crippen molar-refractivity contribution in [3.63, 3.8) is 0 Å². The van der Waals surface area contributed by atoms with Crippen molar-refractivity contribution in [2.24, 2.45) is 0 Å². The second-order valence-electron chi connectivity index (χ2n) is 8.57. The van der Waals surface area contributed by atoms with Crippen molar-refractivity contribution in [2.75, 3.05) is 11.4 Å². The molecule has 0 saturated heterocycles. The SMILES string of the molecule is CC(C)c1onc(-c2c(Cl)cccc2Cl)c1COc1ccc(N(C)S(=O)(=O)c2ccc(C(=O)O)cc2)cn1. The third kappa shape index (κ3) is 5.47. The van der Waals surface area contributed by atoms with Crippen LogP contribution in [-0.2, 0) is 16.6 Å². The molecule has 4 rings (SSSR count). The maximum atomic E-state index is 13.0. The van der Waals surface area contributed by atoms with Gasteiger partial charge in [0, 0.05) is 24.6 Å². The smallest absolute Gasteiger partial charge is 0.335 e. The minimum atomic E-state index is -3.94. The number of halogens is 2. The molecule has 0 spiro atoms. The van der Waals surface area contributed by atoms with Crippen molar-refractivity contribution in [1.29, 1.82) is 0 Å². The molecule has 2 aromatic carbocycles. The number of carbonyl (C=O) groups is 1. The molecule has 0 saturated carbocycles. The van der Waals surface area contributed by atoms with Crippen LogP contribution >= 0.6 is 23.2 Å². The quantitative estimate of drug-likeness (QED) is 0.247. The van der Waals surface area contributed by atoms with Crippen molar-refractivity contribution in [2.45, 2.75) is 31.3 Å². The highest BCUT2D eigenvalue weighted by atomic mass is 35.5. The third-order valence-electron chi connectivity index (χ3n) is 5.75. The first-order chi connectivity index (χ1) is 18.0. The summed E-state index contributed by atoms with van der Waals surface area (Å²) < 4.78 is 38.5. The van der Waals surface area contributed by atoms with Crippen LogP contribution in [0.1, 0.15) is 41.4 Å². The van der Waals surface area contributed by atoms with Crippen LogP contribution in [0.15, 0.2) is 70.2 Å². The van der Waals surface area contributed by atoms with E-state index < -0.39 is 16.0 Å². The summed E-state index contributed by atoms with van der Waals surface area (Å²) in [6, 6.07) is 13.2. The number of carboxylic acids is 1. The van der Waals surface area contributed by atoms with E-state index in [1.807, 2.05) is 13.8 Å². The average Bonchev–Trinajstić information content (AvgIpc) is 3.31. The summed E-state index contributed by atoms with van der Waals surface area (Å²) in [5.74, 6) is -0.268. The molecule has 0 atom stereocenters. The topological polar surface area (TPSA) is 123 Å². The molecule has 0 amide bonds. The molecule has 38 heavy (non-hydrogen) atoms. The van der Waals surface area contributed by atoms with Gasteiger partial charge in [-0.15, -0.1) is 0 Å². The molecule has 9 nitrogen and oxygen atoms in total. The lowest BCUT2D eigenvalue weighted by Crippen LogP contribution is -2.26. The molecule has 12 heteroatoms. The summed E-state index contributed by atoms with van der Waals surface area (Å²) in [6.45, 7) is 3.98. The van der Waals surface area contributed by atoms with Gasteiger partial charge in [0.1, 0.15) is 18.1 Å². The molecule has 1 N–H and O–H groups in total. The van der Waals surface area contributed by atoms with Crippen LogP contribution in [0.2, 0.25) is 10.0 Å². The lowest BCUT2D eigenvalue weighted by molar-refractivity contribution is 0.0696. The maximum absolute atomic E-state index is 13.0. The number of nitrogens with zero attached hydrogens (tertiary/aromatic N) is 3. The summed E-state index contributed by atoms with van der Waals surface area (Å²) in [5, 5.41) is 14.1. The van der Waals surface area contributed by atoms with Gasteiger partial charge in [0.15, 0.2) is 0 Å². The van der Waals surface area contributed by atoms with Gasteiger partial charge in [-0.2, -0.15) is 0 Å². The van der Waals surface area contributed by atoms with Gasteiger partial charge < -0.3 is 14.4 Å². The van der Waals surface area contributed by atoms with E-state index in [2.05, 4.69) is 10.1 Å². The van der Waals surface area contributed by atoms with Gasteiger partial charge in [-0.1, -0.05) is 48.3 Å². The number of carboxylic acid groups (broad SMARTS) is 1. The lowest BCUT2D eigenvalue weighted by Gasteiger charge is -2.19. The van der Waals surface area contributed by atoms with Gasteiger partial charge in [-0.25, -0.2) is 18.2 Å². The Labute approximate surface area is 229 Å². The number of sulfonamides is 1. The van der Waals surface area contributed by atoms with Crippen LogP contribution in [0.4, 0.5) is 5.69 Å². The fraction of sp³-hybridized carbons (Fsp3) is 0.192. The van der Waals surface area contributed by atoms with E-state index in [1.165, 1.54) is 37.5 Å². The zero-order valence-corrected chi connectivity index (χ0v) is 22.9. The predicted molar refractivity (Wildman–Crippen MR) is 144 cm³/mol. The molecule has 0 unspecified atom stereocenters. The zero-order valence-electron chi connectivity index (χ0n) is 20.6. The van der Waals surface area contributed by atoms with E-state index in [0.717, 1.165) is 4.31 Å². The van der Waals surface area contributed by atoms with Crippen LogP contribution in [0, 0.1) is 0 Å². The highest BCUT2D eigenvalue weighted by molar-refractivity contribution is 7.92. The first-order valence-electron chi connectivity index (χ1n) is 11.3. The van der Waals surface area contributed by atoms with E-state index in [0.29, 0.717) is 32.6 Å². The molecule has 2 aromatic heterocycles. The summed E-state index contributed by atoms with van der Waals surface area (Å²) in [7, 11) is -2.56. The summed E-state index contributed by atoms with van der Waals surface area (Å²) in [5.41, 5.74) is 1.96. The Kier molecular flexibility index (Phi) is 7.96. The van der Waals surface area contributed by atoms with Crippen LogP contribution in [-0.4, -0.2) is 36.7 Å². The number of aromatic carboxylic acids is 1. The number of ether oxygens (including phenoxy) is 1. The molecule has 0 aliphatic heterocycles. The highest BCUT2D eigenvalue weighted by Crippen LogP contribution is 2.38. The molecule has 0 fully saturated rings. The number of pyridine rings is 1. The molecule has 198 valence electrons. The standard InChI is InChI=1S/C26H23Cl2N3O6S/c1-15(2)25-19(24(30-37-25)23-20(27)5-4-6-21(23)28)14-36-22-12-9-17(13-29-22)31(3)38(34,35)18-10-7-16(8-11-18)26(32)33/h4-13,15H,14H2,1-3H3,(H,32,33). The van der Waals surface area contributed by atoms with E-state index >= 15 is 0 Å². The molecule has 4 aromatic rings. The Morgan fingerprint density at radius 1 is 1.08 bits per heavy atom. The molecule has 0 radical (unpaired) electrons. The van der Waals surface area contributed by atoms with Crippen LogP contribution in [0.25, 0.3) is 11.3 Å². The average molecular weight is 576 g/mol. The number of aromatic nitrogens is 2. The Hall–Kier alpha value is -3.60. The van der Waals surface area contributed by atoms with Gasteiger partial charge >= 0.3 is 5.97 Å². The predicted octanol–water partition coefficient (Wildman–Crippen LogP) is 6.27. The normalized spacial score (nSPS) is 11.5. The second kappa shape index (κ2) is 11.0. The van der Waals surface area contributed by atoms with Crippen molar-refractivity contribution >= 4 is 44.9 Å². The number of benzene rings is 2. The van der Waals surface area contributed by atoms with E-state index in [4.69, 9.17) is 37.6 Å². The molecule has 2 heterocycles. The van der Waals surface area contributed by atoms with Gasteiger partial charge in [0.05, 0.1) is 38.0 Å². The molecular weight excluding hydrogens is 553 g/mol. The van der Waals surface area contributed by atoms with Crippen molar-refractivity contribution in [1.82, 2.24) is 10.1 Å². The number of rotatable bonds is 9. The molecular formula is C26H23Cl2N3O6S. The number of hydrogen-bond donors (Lipinski definition) is 1. The van der Waals surface area contributed by atoms with Crippen molar-refractivity contribution in [3.05, 3.63) is 87.7 Å². The third-order valence-corrected chi connectivity index (χ3v) is 8.18. The number of anilines is 1. The Balaban J connectivity index is 1.54. The Morgan fingerprint density at radius 2 is 1.74 bits per heavy atom. The molecule has 0 aliphatic carbocycles. The molecule has 0 aliphatic rings. The van der Waals surface area contributed by atoms with Crippen molar-refractivity contribution < 1.29 is 27.6 Å². The zero-order chi connectivity index (χ0) is 27.6. The van der Waals surface area contributed by atoms with Gasteiger partial charge in [-0.05, 0) is 42.5 Å². The minimum absolute atomic E-state index is 0.00914. The Bertz CT molecular complexity index is 1550. The fourth-order valence-corrected chi connectivity index (χ4v) is 5.45. The minimum Gasteiger partial charge on any atom is -0.478 e. The van der Waals surface area contributed by atoms with E-state index in [-0.39, 0.29) is 34.6 Å². The summed E-state index contributed by atoms with van der Waals surface area (Å²) in [4.78, 5) is 15.2. The van der Waals surface area contributed by atoms with Gasteiger partial charge in [0.25, 0.3) is 10.0 Å². The highest BCUT2D eigenvalue weighted by Gasteiger charge is 2.25. The van der Waals surface area contributed by atoms with E-state index in [1.54, 1.807) is 30.3 Å². The van der Waals surface area contributed by atoms with Crippen LogP contribution in [0.3, 0.4) is 0 Å². The van der Waals surface area contributed by atoms with Crippen LogP contribution in [0.5, 0.6) is 5.88 Å². The fourth-order valence-electron chi connectivity index (χ4n) is 3.69. The van der Waals surface area contributed by atoms with Crippen molar-refractivity contribution in [3.8, 4) is 17.1 Å². The lowest BCUT2D eigenvalue weighted by atomic mass is 10.0. The van der Waals surface area contributed by atoms with E-state index in [9.17, 15) is 13.2 Å². The monoisotopic (exact) mass is 575 g/mol. The first-order valence-corrected chi connectivity index (χ1v) is 13.5. The summed E-state index contributed by atoms with van der Waals surface area (Å²) >= 11 is 12.8. The summed E-state index contributed by atoms with van der Waals surface area (Å²) in [6.07, 6.45) is 1.36. The Morgan fingerprint density at radius 3 is 2.29 bits per heavy atom. The second-order valence-corrected chi connectivity index (χ2v) is 11.4. The first kappa shape index (κ1) is 27.4. The number of hydrogen-bond acceptors (Lipinski definition) is 7. The molecule has 0 bridgehead atoms. The largest absolute Gasteiger partial charge is 0.478 e. The van der Waals surface area contributed by atoms with Crippen LogP contribution < -0.4 is 9.04 Å².